The van der Waals surface area contributed by atoms with Crippen LogP contribution < -0.4 is 0 Å². The molecule has 636 valence electrons. The number of carbonyl (C=O) groups excluding carboxylic acids is 4. The molecule has 3 N–H and O–H groups in total. The molecule has 0 aliphatic rings. The van der Waals surface area contributed by atoms with Crippen LogP contribution >= 0.6 is 15.6 Å². The molecule has 0 aromatic rings. The van der Waals surface area contributed by atoms with Crippen molar-refractivity contribution in [3.63, 3.8) is 0 Å². The lowest BCUT2D eigenvalue weighted by atomic mass is 10.0. The summed E-state index contributed by atoms with van der Waals surface area (Å²) in [6.07, 6.45) is 72.4. The molecule has 2 unspecified atom stereocenters. The first-order valence-electron chi connectivity index (χ1n) is 45.5. The summed E-state index contributed by atoms with van der Waals surface area (Å²) in [5.41, 5.74) is 0. The fraction of sp³-hybridized carbons (Fsp3) is 0.955. The minimum atomic E-state index is -4.97. The van der Waals surface area contributed by atoms with E-state index in [-0.39, 0.29) is 25.7 Å². The standard InChI is InChI=1S/C88H172O17P2/c1-7-9-11-13-15-17-19-21-23-24-25-26-27-31-35-38-42-46-52-58-64-70-85(90)98-76-83(104-87(92)73-67-61-54-48-44-40-36-32-29-28-30-34-37-41-45-50-56-62-68-80(3)4)78-102-106(94,95)100-74-82(89)75-101-107(96,97)103-79-84(77-99-86(91)71-65-59-55-49-51-57-63-69-81(5)6)105-88(93)72-66-60-53-47-43-39-33-22-20-18-16-14-12-10-8-2/h80-84,89H,7-79H2,1-6H3,(H,94,95)(H,96,97)/t82-,83-,84-/m1/s1. The maximum atomic E-state index is 13.2. The molecule has 0 heterocycles. The van der Waals surface area contributed by atoms with Gasteiger partial charge in [-0.25, -0.2) is 9.13 Å². The molecule has 0 saturated carbocycles. The molecule has 0 bridgehead atoms. The number of hydrogen-bond acceptors (Lipinski definition) is 15. The minimum absolute atomic E-state index is 0.108. The number of phosphoric acid groups is 2. The van der Waals surface area contributed by atoms with Crippen molar-refractivity contribution in [1.82, 2.24) is 0 Å². The van der Waals surface area contributed by atoms with Crippen LogP contribution in [0.4, 0.5) is 0 Å². The highest BCUT2D eigenvalue weighted by molar-refractivity contribution is 7.47. The van der Waals surface area contributed by atoms with Gasteiger partial charge in [-0.05, 0) is 37.5 Å². The lowest BCUT2D eigenvalue weighted by Crippen LogP contribution is -2.30. The minimum Gasteiger partial charge on any atom is -0.462 e. The second-order valence-corrected chi connectivity index (χ2v) is 35.5. The van der Waals surface area contributed by atoms with E-state index in [1.54, 1.807) is 0 Å². The zero-order valence-electron chi connectivity index (χ0n) is 70.5. The topological polar surface area (TPSA) is 237 Å². The first-order chi connectivity index (χ1) is 51.9. The van der Waals surface area contributed by atoms with E-state index in [0.717, 1.165) is 102 Å². The molecule has 5 atom stereocenters. The predicted octanol–water partition coefficient (Wildman–Crippen LogP) is 27.0. The Labute approximate surface area is 658 Å². The fourth-order valence-corrected chi connectivity index (χ4v) is 15.4. The van der Waals surface area contributed by atoms with Gasteiger partial charge in [-0.2, -0.15) is 0 Å². The van der Waals surface area contributed by atoms with E-state index < -0.39 is 97.5 Å². The van der Waals surface area contributed by atoms with Crippen molar-refractivity contribution in [2.24, 2.45) is 11.8 Å². The van der Waals surface area contributed by atoms with Gasteiger partial charge in [0.2, 0.25) is 0 Å². The number of hydrogen-bond donors (Lipinski definition) is 3. The number of carbonyl (C=O) groups is 4. The van der Waals surface area contributed by atoms with Gasteiger partial charge >= 0.3 is 39.5 Å². The van der Waals surface area contributed by atoms with E-state index in [0.29, 0.717) is 31.6 Å². The molecule has 0 aromatic heterocycles. The van der Waals surface area contributed by atoms with Crippen LogP contribution in [0.1, 0.15) is 472 Å². The van der Waals surface area contributed by atoms with Crippen LogP contribution in [-0.2, 0) is 65.4 Å². The van der Waals surface area contributed by atoms with Crippen LogP contribution in [0.25, 0.3) is 0 Å². The molecule has 107 heavy (non-hydrogen) atoms. The number of unbranched alkanes of at least 4 members (excludes halogenated alkanes) is 57. The Kier molecular flexibility index (Phi) is 77.9. The third-order valence-corrected chi connectivity index (χ3v) is 22.6. The second-order valence-electron chi connectivity index (χ2n) is 32.6. The first kappa shape index (κ1) is 105. The molecule has 19 heteroatoms. The van der Waals surface area contributed by atoms with Crippen LogP contribution in [0, 0.1) is 11.8 Å². The Morgan fingerprint density at radius 2 is 0.430 bits per heavy atom. The molecular weight excluding hydrogens is 1390 g/mol. The Hall–Kier alpha value is -1.94. The SMILES string of the molecule is CCCCCCCCCCCCCCCCCCCCCCCC(=O)OC[C@H](COP(=O)(O)OC[C@@H](O)COP(=O)(O)OC[C@@H](COC(=O)CCCCCCCCCC(C)C)OC(=O)CCCCCCCCCCCCCCCCC)OC(=O)CCCCCCCCCCCCCCCCCCCCC(C)C. The second kappa shape index (κ2) is 79.3. The molecule has 0 aliphatic carbocycles. The monoisotopic (exact) mass is 1560 g/mol. The van der Waals surface area contributed by atoms with Crippen molar-refractivity contribution < 1.29 is 80.2 Å². The Morgan fingerprint density at radius 3 is 0.636 bits per heavy atom. The van der Waals surface area contributed by atoms with Gasteiger partial charge in [-0.3, -0.25) is 37.3 Å². The van der Waals surface area contributed by atoms with E-state index in [2.05, 4.69) is 41.5 Å². The summed E-state index contributed by atoms with van der Waals surface area (Å²) in [6, 6.07) is 0. The van der Waals surface area contributed by atoms with Crippen LogP contribution in [0.5, 0.6) is 0 Å². The summed E-state index contributed by atoms with van der Waals surface area (Å²) in [4.78, 5) is 73.3. The number of rotatable bonds is 87. The Bertz CT molecular complexity index is 2050. The zero-order chi connectivity index (χ0) is 78.5. The smallest absolute Gasteiger partial charge is 0.462 e. The van der Waals surface area contributed by atoms with E-state index in [9.17, 15) is 43.2 Å². The highest BCUT2D eigenvalue weighted by atomic mass is 31.2. The lowest BCUT2D eigenvalue weighted by Gasteiger charge is -2.21. The van der Waals surface area contributed by atoms with Crippen molar-refractivity contribution in [3.05, 3.63) is 0 Å². The number of phosphoric ester groups is 2. The van der Waals surface area contributed by atoms with Crippen molar-refractivity contribution in [3.8, 4) is 0 Å². The summed E-state index contributed by atoms with van der Waals surface area (Å²) in [5, 5.41) is 10.7. The molecule has 0 amide bonds. The van der Waals surface area contributed by atoms with Gasteiger partial charge in [-0.1, -0.05) is 420 Å². The van der Waals surface area contributed by atoms with Gasteiger partial charge in [0.25, 0.3) is 0 Å². The van der Waals surface area contributed by atoms with Crippen molar-refractivity contribution in [2.75, 3.05) is 39.6 Å². The maximum Gasteiger partial charge on any atom is 0.472 e. The van der Waals surface area contributed by atoms with E-state index in [1.165, 1.54) is 283 Å². The quantitative estimate of drug-likeness (QED) is 0.0222. The van der Waals surface area contributed by atoms with Crippen LogP contribution in [-0.4, -0.2) is 96.7 Å². The molecule has 0 radical (unpaired) electrons. The number of esters is 4. The van der Waals surface area contributed by atoms with Gasteiger partial charge in [0.1, 0.15) is 19.3 Å². The maximum absolute atomic E-state index is 13.2. The van der Waals surface area contributed by atoms with Gasteiger partial charge in [0, 0.05) is 25.7 Å². The van der Waals surface area contributed by atoms with Gasteiger partial charge < -0.3 is 33.8 Å². The average molecular weight is 1560 g/mol. The summed E-state index contributed by atoms with van der Waals surface area (Å²) < 4.78 is 68.9. The van der Waals surface area contributed by atoms with E-state index >= 15 is 0 Å². The average Bonchev–Trinajstić information content (AvgIpc) is 0.901. The molecule has 0 aromatic carbocycles. The zero-order valence-corrected chi connectivity index (χ0v) is 72.2. The van der Waals surface area contributed by atoms with Crippen molar-refractivity contribution in [1.29, 1.82) is 0 Å². The third kappa shape index (κ3) is 81.9. The summed E-state index contributed by atoms with van der Waals surface area (Å²) >= 11 is 0. The van der Waals surface area contributed by atoms with Crippen LogP contribution in [0.3, 0.4) is 0 Å². The fourth-order valence-electron chi connectivity index (χ4n) is 13.8. The molecule has 0 aliphatic heterocycles. The van der Waals surface area contributed by atoms with Gasteiger partial charge in [0.15, 0.2) is 12.2 Å². The summed E-state index contributed by atoms with van der Waals surface area (Å²) in [6.45, 7) is 9.66. The summed E-state index contributed by atoms with van der Waals surface area (Å²) in [7, 11) is -9.93. The van der Waals surface area contributed by atoms with Crippen LogP contribution in [0.15, 0.2) is 0 Å². The third-order valence-electron chi connectivity index (χ3n) is 20.7. The normalized spacial score (nSPS) is 13.8. The van der Waals surface area contributed by atoms with Gasteiger partial charge in [-0.15, -0.1) is 0 Å². The highest BCUT2D eigenvalue weighted by Gasteiger charge is 2.30. The Morgan fingerprint density at radius 1 is 0.252 bits per heavy atom. The van der Waals surface area contributed by atoms with Crippen molar-refractivity contribution >= 4 is 39.5 Å². The molecule has 17 nitrogen and oxygen atoms in total. The first-order valence-corrected chi connectivity index (χ1v) is 48.5. The molecule has 0 spiro atoms. The van der Waals surface area contributed by atoms with E-state index in [4.69, 9.17) is 37.0 Å². The Balaban J connectivity index is 5.21. The molecular formula is C88H172O17P2. The van der Waals surface area contributed by atoms with Gasteiger partial charge in [0.05, 0.1) is 26.4 Å². The number of aliphatic hydroxyl groups is 1. The molecule has 0 fully saturated rings. The number of aliphatic hydroxyl groups excluding tert-OH is 1. The molecule has 0 saturated heterocycles. The largest absolute Gasteiger partial charge is 0.472 e. The summed E-state index contributed by atoms with van der Waals surface area (Å²) in [5.74, 6) is -0.576. The predicted molar refractivity (Wildman–Crippen MR) is 442 cm³/mol. The highest BCUT2D eigenvalue weighted by Crippen LogP contribution is 2.45. The number of ether oxygens (including phenoxy) is 4. The van der Waals surface area contributed by atoms with Crippen molar-refractivity contribution in [2.45, 2.75) is 490 Å². The van der Waals surface area contributed by atoms with E-state index in [1.807, 2.05) is 0 Å². The van der Waals surface area contributed by atoms with Crippen LogP contribution in [0.2, 0.25) is 0 Å². The lowest BCUT2D eigenvalue weighted by molar-refractivity contribution is -0.161. The molecule has 0 rings (SSSR count).